The summed E-state index contributed by atoms with van der Waals surface area (Å²) in [4.78, 5) is 16.0. The molecule has 0 saturated heterocycles. The highest BCUT2D eigenvalue weighted by Crippen LogP contribution is 2.16. The zero-order valence-corrected chi connectivity index (χ0v) is 13.2. The van der Waals surface area contributed by atoms with E-state index in [1.807, 2.05) is 6.92 Å². The van der Waals surface area contributed by atoms with Gasteiger partial charge in [-0.05, 0) is 37.6 Å². The van der Waals surface area contributed by atoms with Gasteiger partial charge in [0.2, 0.25) is 17.6 Å². The molecule has 0 aliphatic carbocycles. The van der Waals surface area contributed by atoms with Crippen LogP contribution in [0.5, 0.6) is 0 Å². The molecule has 23 heavy (non-hydrogen) atoms. The Morgan fingerprint density at radius 2 is 2.13 bits per heavy atom. The lowest BCUT2D eigenvalue weighted by molar-refractivity contribution is -0.122. The van der Waals surface area contributed by atoms with Crippen LogP contribution in [0.3, 0.4) is 0 Å². The third-order valence-electron chi connectivity index (χ3n) is 3.19. The molecule has 1 aromatic carbocycles. The number of halogens is 1. The lowest BCUT2D eigenvalue weighted by Gasteiger charge is -2.12. The number of hydrogen-bond donors (Lipinski definition) is 1. The van der Waals surface area contributed by atoms with Crippen LogP contribution in [0.1, 0.15) is 25.7 Å². The SMILES string of the molecule is COC[C@H](C)NC(=O)CCCc1nc(-c2ccc(F)cc2)no1. The lowest BCUT2D eigenvalue weighted by atomic mass is 10.2. The molecule has 0 aliphatic rings. The summed E-state index contributed by atoms with van der Waals surface area (Å²) < 4.78 is 23.0. The van der Waals surface area contributed by atoms with Gasteiger partial charge in [0.25, 0.3) is 0 Å². The number of nitrogens with zero attached hydrogens (tertiary/aromatic N) is 2. The minimum atomic E-state index is -0.314. The van der Waals surface area contributed by atoms with E-state index in [0.717, 1.165) is 0 Å². The van der Waals surface area contributed by atoms with Crippen molar-refractivity contribution in [3.63, 3.8) is 0 Å². The van der Waals surface area contributed by atoms with Crippen LogP contribution < -0.4 is 5.32 Å². The van der Waals surface area contributed by atoms with Crippen LogP contribution in [-0.2, 0) is 16.0 Å². The zero-order chi connectivity index (χ0) is 16.7. The smallest absolute Gasteiger partial charge is 0.226 e. The van der Waals surface area contributed by atoms with E-state index in [-0.39, 0.29) is 17.8 Å². The molecule has 0 spiro atoms. The molecule has 7 heteroatoms. The van der Waals surface area contributed by atoms with Crippen molar-refractivity contribution in [1.82, 2.24) is 15.5 Å². The number of aryl methyl sites for hydroxylation is 1. The van der Waals surface area contributed by atoms with Gasteiger partial charge in [-0.3, -0.25) is 4.79 Å². The highest BCUT2D eigenvalue weighted by atomic mass is 19.1. The third kappa shape index (κ3) is 5.45. The standard InChI is InChI=1S/C16H20FN3O3/c1-11(10-22-2)18-14(21)4-3-5-15-19-16(20-23-15)12-6-8-13(17)9-7-12/h6-9,11H,3-5,10H2,1-2H3,(H,18,21)/t11-/m0/s1. The molecule has 0 bridgehead atoms. The van der Waals surface area contributed by atoms with E-state index in [1.165, 1.54) is 12.1 Å². The van der Waals surface area contributed by atoms with Crippen LogP contribution >= 0.6 is 0 Å². The molecule has 6 nitrogen and oxygen atoms in total. The second-order valence-electron chi connectivity index (χ2n) is 5.30. The fraction of sp³-hybridized carbons (Fsp3) is 0.438. The van der Waals surface area contributed by atoms with Crippen LogP contribution in [0.15, 0.2) is 28.8 Å². The van der Waals surface area contributed by atoms with E-state index in [2.05, 4.69) is 15.5 Å². The maximum Gasteiger partial charge on any atom is 0.226 e. The van der Waals surface area contributed by atoms with Gasteiger partial charge in [0, 0.05) is 31.6 Å². The summed E-state index contributed by atoms with van der Waals surface area (Å²) in [5.41, 5.74) is 0.688. The molecule has 0 fully saturated rings. The van der Waals surface area contributed by atoms with Crippen molar-refractivity contribution in [2.24, 2.45) is 0 Å². The molecule has 0 saturated carbocycles. The highest BCUT2D eigenvalue weighted by Gasteiger charge is 2.11. The minimum Gasteiger partial charge on any atom is -0.383 e. The molecule has 0 unspecified atom stereocenters. The summed E-state index contributed by atoms with van der Waals surface area (Å²) in [5.74, 6) is 0.527. The first-order valence-corrected chi connectivity index (χ1v) is 7.45. The number of ether oxygens (including phenoxy) is 1. The Labute approximate surface area is 134 Å². The molecule has 2 aromatic rings. The van der Waals surface area contributed by atoms with Crippen LogP contribution in [0.2, 0.25) is 0 Å². The Hall–Kier alpha value is -2.28. The van der Waals surface area contributed by atoms with E-state index in [9.17, 15) is 9.18 Å². The first-order chi connectivity index (χ1) is 11.1. The first-order valence-electron chi connectivity index (χ1n) is 7.45. The van der Waals surface area contributed by atoms with E-state index in [1.54, 1.807) is 19.2 Å². The largest absolute Gasteiger partial charge is 0.383 e. The predicted octanol–water partition coefficient (Wildman–Crippen LogP) is 2.35. The van der Waals surface area contributed by atoms with Crippen LogP contribution in [-0.4, -0.2) is 35.8 Å². The van der Waals surface area contributed by atoms with E-state index in [0.29, 0.717) is 43.1 Å². The monoisotopic (exact) mass is 321 g/mol. The molecule has 0 radical (unpaired) electrons. The van der Waals surface area contributed by atoms with E-state index < -0.39 is 0 Å². The Bertz CT molecular complexity index is 628. The molecule has 0 aliphatic heterocycles. The number of methoxy groups -OCH3 is 1. The van der Waals surface area contributed by atoms with Gasteiger partial charge in [0.15, 0.2) is 0 Å². The van der Waals surface area contributed by atoms with Gasteiger partial charge >= 0.3 is 0 Å². The number of hydrogen-bond acceptors (Lipinski definition) is 5. The number of rotatable bonds is 8. The molecule has 1 heterocycles. The normalized spacial score (nSPS) is 12.1. The topological polar surface area (TPSA) is 77.2 Å². The Balaban J connectivity index is 1.79. The minimum absolute atomic E-state index is 0.0130. The number of aromatic nitrogens is 2. The number of benzene rings is 1. The molecule has 1 amide bonds. The number of nitrogens with one attached hydrogen (secondary N) is 1. The van der Waals surface area contributed by atoms with Gasteiger partial charge in [0.05, 0.1) is 6.61 Å². The summed E-state index contributed by atoms with van der Waals surface area (Å²) in [6.07, 6.45) is 1.50. The second kappa shape index (κ2) is 8.38. The Kier molecular flexibility index (Phi) is 6.22. The van der Waals surface area contributed by atoms with Crippen molar-refractivity contribution >= 4 is 5.91 Å². The molecular weight excluding hydrogens is 301 g/mol. The van der Waals surface area contributed by atoms with Gasteiger partial charge in [-0.15, -0.1) is 0 Å². The summed E-state index contributed by atoms with van der Waals surface area (Å²) >= 11 is 0. The lowest BCUT2D eigenvalue weighted by Crippen LogP contribution is -2.35. The fourth-order valence-electron chi connectivity index (χ4n) is 2.11. The van der Waals surface area contributed by atoms with Gasteiger partial charge in [-0.1, -0.05) is 5.16 Å². The van der Waals surface area contributed by atoms with E-state index in [4.69, 9.17) is 9.26 Å². The second-order valence-corrected chi connectivity index (χ2v) is 5.30. The van der Waals surface area contributed by atoms with Crippen LogP contribution in [0, 0.1) is 5.82 Å². The molecular formula is C16H20FN3O3. The van der Waals surface area contributed by atoms with Crippen LogP contribution in [0.4, 0.5) is 4.39 Å². The van der Waals surface area contributed by atoms with Gasteiger partial charge in [-0.25, -0.2) is 4.39 Å². The molecule has 124 valence electrons. The Morgan fingerprint density at radius 3 is 2.83 bits per heavy atom. The average molecular weight is 321 g/mol. The van der Waals surface area contributed by atoms with Crippen LogP contribution in [0.25, 0.3) is 11.4 Å². The highest BCUT2D eigenvalue weighted by molar-refractivity contribution is 5.76. The maximum atomic E-state index is 12.9. The molecule has 1 aromatic heterocycles. The number of carbonyl (C=O) groups is 1. The third-order valence-corrected chi connectivity index (χ3v) is 3.19. The Morgan fingerprint density at radius 1 is 1.39 bits per heavy atom. The van der Waals surface area contributed by atoms with Crippen molar-refractivity contribution < 1.29 is 18.4 Å². The predicted molar refractivity (Wildman–Crippen MR) is 82.1 cm³/mol. The quantitative estimate of drug-likeness (QED) is 0.807. The van der Waals surface area contributed by atoms with Crippen molar-refractivity contribution in [3.8, 4) is 11.4 Å². The number of amides is 1. The molecule has 1 N–H and O–H groups in total. The number of carbonyl (C=O) groups excluding carboxylic acids is 1. The summed E-state index contributed by atoms with van der Waals surface area (Å²) in [7, 11) is 1.59. The first kappa shape index (κ1) is 17.1. The summed E-state index contributed by atoms with van der Waals surface area (Å²) in [5, 5.41) is 6.70. The average Bonchev–Trinajstić information content (AvgIpc) is 2.97. The molecule has 1 atom stereocenters. The molecule has 2 rings (SSSR count). The summed E-state index contributed by atoms with van der Waals surface area (Å²) in [6, 6.07) is 5.86. The maximum absolute atomic E-state index is 12.9. The summed E-state index contributed by atoms with van der Waals surface area (Å²) in [6.45, 7) is 2.37. The van der Waals surface area contributed by atoms with Gasteiger partial charge in [0.1, 0.15) is 5.82 Å². The van der Waals surface area contributed by atoms with Gasteiger partial charge < -0.3 is 14.6 Å². The fourth-order valence-corrected chi connectivity index (χ4v) is 2.11. The van der Waals surface area contributed by atoms with Crippen molar-refractivity contribution in [2.45, 2.75) is 32.2 Å². The van der Waals surface area contributed by atoms with Gasteiger partial charge in [-0.2, -0.15) is 4.98 Å². The van der Waals surface area contributed by atoms with E-state index >= 15 is 0 Å². The zero-order valence-electron chi connectivity index (χ0n) is 13.2. The van der Waals surface area contributed by atoms with Crippen molar-refractivity contribution in [1.29, 1.82) is 0 Å². The van der Waals surface area contributed by atoms with Crippen molar-refractivity contribution in [3.05, 3.63) is 36.0 Å². The van der Waals surface area contributed by atoms with Crippen molar-refractivity contribution in [2.75, 3.05) is 13.7 Å².